The number of hydrogen-bond acceptors (Lipinski definition) is 4. The van der Waals surface area contributed by atoms with Crippen LogP contribution in [0.2, 0.25) is 0 Å². The van der Waals surface area contributed by atoms with E-state index in [1.807, 2.05) is 0 Å². The van der Waals surface area contributed by atoms with Crippen LogP contribution in [0.4, 0.5) is 10.2 Å². The molecule has 0 bridgehead atoms. The Bertz CT molecular complexity index is 856. The van der Waals surface area contributed by atoms with Crippen LogP contribution in [0.15, 0.2) is 36.9 Å². The molecule has 0 spiro atoms. The lowest BCUT2D eigenvalue weighted by atomic mass is 9.96. The molecule has 0 aliphatic carbocycles. The molecule has 142 valence electrons. The van der Waals surface area contributed by atoms with E-state index in [0.717, 1.165) is 0 Å². The fourth-order valence-electron chi connectivity index (χ4n) is 3.12. The van der Waals surface area contributed by atoms with Gasteiger partial charge in [0.25, 0.3) is 0 Å². The van der Waals surface area contributed by atoms with Crippen LogP contribution in [0.3, 0.4) is 0 Å². The predicted molar refractivity (Wildman–Crippen MR) is 98.4 cm³/mol. The van der Waals surface area contributed by atoms with Gasteiger partial charge in [0.1, 0.15) is 5.82 Å². The van der Waals surface area contributed by atoms with Gasteiger partial charge in [-0.25, -0.2) is 9.07 Å². The zero-order valence-corrected chi connectivity index (χ0v) is 15.2. The van der Waals surface area contributed by atoms with Crippen LogP contribution in [0.1, 0.15) is 24.1 Å². The van der Waals surface area contributed by atoms with Crippen molar-refractivity contribution in [2.75, 3.05) is 18.4 Å². The minimum absolute atomic E-state index is 0.110. The second-order valence-electron chi connectivity index (χ2n) is 6.57. The fraction of sp³-hybridized carbons (Fsp3) is 0.368. The third-order valence-electron chi connectivity index (χ3n) is 4.85. The van der Waals surface area contributed by atoms with Crippen LogP contribution in [-0.2, 0) is 16.1 Å². The lowest BCUT2D eigenvalue weighted by molar-refractivity contribution is -0.130. The second-order valence-corrected chi connectivity index (χ2v) is 6.57. The Morgan fingerprint density at radius 2 is 2.04 bits per heavy atom. The number of anilines is 1. The number of halogens is 1. The Morgan fingerprint density at radius 3 is 2.70 bits per heavy atom. The Hall–Kier alpha value is -3.03. The first-order valence-electron chi connectivity index (χ1n) is 8.85. The maximum Gasteiger partial charge on any atom is 0.245 e. The molecule has 1 aliphatic heterocycles. The van der Waals surface area contributed by atoms with Crippen molar-refractivity contribution in [3.63, 3.8) is 0 Å². The zero-order chi connectivity index (χ0) is 19.4. The molecule has 1 fully saturated rings. The summed E-state index contributed by atoms with van der Waals surface area (Å²) in [6, 6.07) is 6.48. The molecule has 2 aromatic rings. The van der Waals surface area contributed by atoms with Gasteiger partial charge in [-0.05, 0) is 31.9 Å². The van der Waals surface area contributed by atoms with Crippen molar-refractivity contribution in [3.05, 3.63) is 54.0 Å². The van der Waals surface area contributed by atoms with E-state index in [1.54, 1.807) is 34.7 Å². The minimum Gasteiger partial charge on any atom is -0.339 e. The summed E-state index contributed by atoms with van der Waals surface area (Å²) in [5, 5.41) is 10.8. The van der Waals surface area contributed by atoms with Crippen molar-refractivity contribution in [1.29, 1.82) is 0 Å². The van der Waals surface area contributed by atoms with E-state index in [4.69, 9.17) is 0 Å². The standard InChI is InChI=1S/C19H22FN5O2/c1-3-17(26)24-10-8-14(9-11-24)19(27)21-18-13(2)25(23-22-18)12-15-6-4-5-7-16(15)20/h3-7,14H,1,8-12H2,2H3,(H,21,27). The lowest BCUT2D eigenvalue weighted by Gasteiger charge is -2.30. The molecule has 0 radical (unpaired) electrons. The number of amides is 2. The van der Waals surface area contributed by atoms with Gasteiger partial charge in [0.2, 0.25) is 11.8 Å². The number of carbonyl (C=O) groups is 2. The van der Waals surface area contributed by atoms with Crippen LogP contribution in [-0.4, -0.2) is 44.8 Å². The van der Waals surface area contributed by atoms with Crippen LogP contribution in [0.5, 0.6) is 0 Å². The van der Waals surface area contributed by atoms with Crippen LogP contribution >= 0.6 is 0 Å². The molecule has 0 atom stereocenters. The number of aromatic nitrogens is 3. The van der Waals surface area contributed by atoms with E-state index in [9.17, 15) is 14.0 Å². The van der Waals surface area contributed by atoms with Crippen LogP contribution in [0.25, 0.3) is 0 Å². The summed E-state index contributed by atoms with van der Waals surface area (Å²) in [7, 11) is 0. The number of likely N-dealkylation sites (tertiary alicyclic amines) is 1. The molecule has 27 heavy (non-hydrogen) atoms. The highest BCUT2D eigenvalue weighted by molar-refractivity contribution is 5.92. The molecule has 1 aromatic carbocycles. The average molecular weight is 371 g/mol. The Morgan fingerprint density at radius 1 is 1.33 bits per heavy atom. The highest BCUT2D eigenvalue weighted by Crippen LogP contribution is 2.21. The second kappa shape index (κ2) is 8.11. The average Bonchev–Trinajstić information content (AvgIpc) is 3.02. The molecular formula is C19H22FN5O2. The maximum absolute atomic E-state index is 13.8. The molecule has 0 saturated carbocycles. The molecule has 1 N–H and O–H groups in total. The maximum atomic E-state index is 13.8. The van der Waals surface area contributed by atoms with Crippen molar-refractivity contribution in [2.24, 2.45) is 5.92 Å². The first kappa shape index (κ1) is 18.8. The first-order chi connectivity index (χ1) is 13.0. The topological polar surface area (TPSA) is 80.1 Å². The minimum atomic E-state index is -0.307. The van der Waals surface area contributed by atoms with Crippen molar-refractivity contribution >= 4 is 17.6 Å². The molecule has 7 nitrogen and oxygen atoms in total. The third kappa shape index (κ3) is 4.21. The highest BCUT2D eigenvalue weighted by atomic mass is 19.1. The van der Waals surface area contributed by atoms with Gasteiger partial charge in [0.05, 0.1) is 12.2 Å². The number of benzene rings is 1. The van der Waals surface area contributed by atoms with Crippen molar-refractivity contribution in [3.8, 4) is 0 Å². The molecule has 0 unspecified atom stereocenters. The summed E-state index contributed by atoms with van der Waals surface area (Å²) in [5.74, 6) is -0.364. The Labute approximate surface area is 156 Å². The predicted octanol–water partition coefficient (Wildman–Crippen LogP) is 2.14. The molecule has 1 aliphatic rings. The summed E-state index contributed by atoms with van der Waals surface area (Å²) in [6.07, 6.45) is 2.47. The summed E-state index contributed by atoms with van der Waals surface area (Å²) in [6.45, 7) is 6.56. The van der Waals surface area contributed by atoms with Gasteiger partial charge >= 0.3 is 0 Å². The van der Waals surface area contributed by atoms with Crippen LogP contribution in [0, 0.1) is 18.7 Å². The summed E-state index contributed by atoms with van der Waals surface area (Å²) >= 11 is 0. The zero-order valence-electron chi connectivity index (χ0n) is 15.2. The van der Waals surface area contributed by atoms with Gasteiger partial charge in [-0.15, -0.1) is 5.10 Å². The van der Waals surface area contributed by atoms with Crippen molar-refractivity contribution in [1.82, 2.24) is 19.9 Å². The summed E-state index contributed by atoms with van der Waals surface area (Å²) < 4.78 is 15.4. The van der Waals surface area contributed by atoms with Gasteiger partial charge in [-0.3, -0.25) is 9.59 Å². The Kier molecular flexibility index (Phi) is 5.63. The normalized spacial score (nSPS) is 14.8. The molecular weight excluding hydrogens is 349 g/mol. The van der Waals surface area contributed by atoms with Gasteiger partial charge < -0.3 is 10.2 Å². The number of nitrogens with zero attached hydrogens (tertiary/aromatic N) is 4. The molecule has 2 heterocycles. The van der Waals surface area contributed by atoms with E-state index < -0.39 is 0 Å². The van der Waals surface area contributed by atoms with Gasteiger partial charge in [-0.1, -0.05) is 30.0 Å². The van der Waals surface area contributed by atoms with Gasteiger partial charge in [0, 0.05) is 24.6 Å². The molecule has 8 heteroatoms. The van der Waals surface area contributed by atoms with Gasteiger partial charge in [-0.2, -0.15) is 0 Å². The third-order valence-corrected chi connectivity index (χ3v) is 4.85. The molecule has 2 amide bonds. The molecule has 3 rings (SSSR count). The SMILES string of the molecule is C=CC(=O)N1CCC(C(=O)Nc2nnn(Cc3ccccc3F)c2C)CC1. The smallest absolute Gasteiger partial charge is 0.245 e. The van der Waals surface area contributed by atoms with E-state index in [0.29, 0.717) is 43.0 Å². The number of hydrogen-bond donors (Lipinski definition) is 1. The monoisotopic (exact) mass is 371 g/mol. The molecule has 1 saturated heterocycles. The number of rotatable bonds is 5. The number of piperidine rings is 1. The Balaban J connectivity index is 1.61. The highest BCUT2D eigenvalue weighted by Gasteiger charge is 2.27. The van der Waals surface area contributed by atoms with E-state index in [-0.39, 0.29) is 30.1 Å². The first-order valence-corrected chi connectivity index (χ1v) is 8.85. The van der Waals surface area contributed by atoms with Crippen molar-refractivity contribution in [2.45, 2.75) is 26.3 Å². The van der Waals surface area contributed by atoms with E-state index in [2.05, 4.69) is 22.2 Å². The quantitative estimate of drug-likeness (QED) is 0.817. The van der Waals surface area contributed by atoms with Crippen LogP contribution < -0.4 is 5.32 Å². The summed E-state index contributed by atoms with van der Waals surface area (Å²) in [5.41, 5.74) is 1.16. The molecule has 1 aromatic heterocycles. The van der Waals surface area contributed by atoms with Crippen molar-refractivity contribution < 1.29 is 14.0 Å². The summed E-state index contributed by atoms with van der Waals surface area (Å²) in [4.78, 5) is 25.8. The lowest BCUT2D eigenvalue weighted by Crippen LogP contribution is -2.40. The van der Waals surface area contributed by atoms with E-state index in [1.165, 1.54) is 12.1 Å². The fourth-order valence-corrected chi connectivity index (χ4v) is 3.12. The largest absolute Gasteiger partial charge is 0.339 e. The van der Waals surface area contributed by atoms with Gasteiger partial charge in [0.15, 0.2) is 5.82 Å². The number of nitrogens with one attached hydrogen (secondary N) is 1. The van der Waals surface area contributed by atoms with E-state index >= 15 is 0 Å². The number of carbonyl (C=O) groups excluding carboxylic acids is 2.